The molecule has 0 saturated heterocycles. The molecule has 34 heavy (non-hydrogen) atoms. The Kier molecular flexibility index (Phi) is 6.14. The molecule has 0 aliphatic rings. The zero-order chi connectivity index (χ0) is 23.5. The molecule has 5 aromatic rings. The molecule has 0 aliphatic carbocycles. The molecular formula is C26H22FN5OS. The van der Waals surface area contributed by atoms with Crippen molar-refractivity contribution < 1.29 is 9.18 Å². The summed E-state index contributed by atoms with van der Waals surface area (Å²) in [6, 6.07) is 23.9. The topological polar surface area (TPSA) is 64.7 Å². The normalized spacial score (nSPS) is 11.1. The number of thioether (sulfide) groups is 1. The number of aryl methyl sites for hydroxylation is 1. The first-order valence-corrected chi connectivity index (χ1v) is 11.8. The summed E-state index contributed by atoms with van der Waals surface area (Å²) in [7, 11) is 1.97. The SMILES string of the molecule is Cn1cccc1Cc1nnc(SCC(=O)Nc2cccc3ccccc23)n1-c1ccc(F)cc1. The molecule has 8 heteroatoms. The molecule has 0 bridgehead atoms. The van der Waals surface area contributed by atoms with Crippen molar-refractivity contribution in [1.82, 2.24) is 19.3 Å². The fourth-order valence-corrected chi connectivity index (χ4v) is 4.62. The van der Waals surface area contributed by atoms with Crippen LogP contribution >= 0.6 is 11.8 Å². The van der Waals surface area contributed by atoms with Crippen molar-refractivity contribution in [1.29, 1.82) is 0 Å². The maximum absolute atomic E-state index is 13.6. The van der Waals surface area contributed by atoms with Gasteiger partial charge in [0.25, 0.3) is 0 Å². The van der Waals surface area contributed by atoms with E-state index in [1.54, 1.807) is 12.1 Å². The molecule has 170 valence electrons. The number of carbonyl (C=O) groups excluding carboxylic acids is 1. The maximum atomic E-state index is 13.6. The number of carbonyl (C=O) groups is 1. The van der Waals surface area contributed by atoms with Crippen LogP contribution in [0.5, 0.6) is 0 Å². The van der Waals surface area contributed by atoms with Crippen LogP contribution in [0, 0.1) is 5.82 Å². The molecular weight excluding hydrogens is 449 g/mol. The Morgan fingerprint density at radius 2 is 1.76 bits per heavy atom. The van der Waals surface area contributed by atoms with Gasteiger partial charge >= 0.3 is 0 Å². The number of nitrogens with one attached hydrogen (secondary N) is 1. The van der Waals surface area contributed by atoms with E-state index < -0.39 is 0 Å². The highest BCUT2D eigenvalue weighted by Gasteiger charge is 2.17. The summed E-state index contributed by atoms with van der Waals surface area (Å²) in [4.78, 5) is 12.8. The van der Waals surface area contributed by atoms with E-state index in [4.69, 9.17) is 0 Å². The van der Waals surface area contributed by atoms with Gasteiger partial charge in [-0.25, -0.2) is 4.39 Å². The molecule has 1 amide bonds. The third-order valence-electron chi connectivity index (χ3n) is 5.57. The summed E-state index contributed by atoms with van der Waals surface area (Å²) < 4.78 is 17.5. The van der Waals surface area contributed by atoms with Gasteiger partial charge in [-0.15, -0.1) is 10.2 Å². The largest absolute Gasteiger partial charge is 0.354 e. The van der Waals surface area contributed by atoms with Crippen molar-refractivity contribution in [2.45, 2.75) is 11.6 Å². The molecule has 0 fully saturated rings. The Hall–Kier alpha value is -3.91. The van der Waals surface area contributed by atoms with Crippen LogP contribution in [0.1, 0.15) is 11.5 Å². The Morgan fingerprint density at radius 1 is 0.971 bits per heavy atom. The maximum Gasteiger partial charge on any atom is 0.234 e. The van der Waals surface area contributed by atoms with Gasteiger partial charge in [0.1, 0.15) is 11.6 Å². The number of anilines is 1. The van der Waals surface area contributed by atoms with Gasteiger partial charge < -0.3 is 9.88 Å². The number of aromatic nitrogens is 4. The Morgan fingerprint density at radius 3 is 2.56 bits per heavy atom. The molecule has 0 unspecified atom stereocenters. The number of amides is 1. The van der Waals surface area contributed by atoms with Gasteiger partial charge in [0.05, 0.1) is 5.75 Å². The van der Waals surface area contributed by atoms with Crippen molar-refractivity contribution in [3.05, 3.63) is 102 Å². The van der Waals surface area contributed by atoms with Crippen LogP contribution in [-0.2, 0) is 18.3 Å². The lowest BCUT2D eigenvalue weighted by molar-refractivity contribution is -0.113. The van der Waals surface area contributed by atoms with Gasteiger partial charge in [0.2, 0.25) is 5.91 Å². The van der Waals surface area contributed by atoms with E-state index in [1.807, 2.05) is 77.0 Å². The first kappa shape index (κ1) is 21.9. The summed E-state index contributed by atoms with van der Waals surface area (Å²) >= 11 is 1.29. The van der Waals surface area contributed by atoms with Crippen LogP contribution in [-0.4, -0.2) is 31.0 Å². The molecule has 3 aromatic carbocycles. The first-order valence-electron chi connectivity index (χ1n) is 10.8. The van der Waals surface area contributed by atoms with Gasteiger partial charge in [-0.3, -0.25) is 9.36 Å². The van der Waals surface area contributed by atoms with Crippen molar-refractivity contribution >= 4 is 34.1 Å². The third-order valence-corrected chi connectivity index (χ3v) is 6.50. The van der Waals surface area contributed by atoms with Gasteiger partial charge in [0.15, 0.2) is 5.16 Å². The molecule has 6 nitrogen and oxygen atoms in total. The fourth-order valence-electron chi connectivity index (χ4n) is 3.85. The molecule has 2 aromatic heterocycles. The molecule has 0 saturated carbocycles. The quantitative estimate of drug-likeness (QED) is 0.331. The second-order valence-corrected chi connectivity index (χ2v) is 8.80. The van der Waals surface area contributed by atoms with Crippen LogP contribution in [0.2, 0.25) is 0 Å². The van der Waals surface area contributed by atoms with Gasteiger partial charge in [-0.05, 0) is 47.9 Å². The summed E-state index contributed by atoms with van der Waals surface area (Å²) in [5.41, 5.74) is 2.58. The molecule has 0 spiro atoms. The van der Waals surface area contributed by atoms with Crippen LogP contribution in [0.4, 0.5) is 10.1 Å². The van der Waals surface area contributed by atoms with Gasteiger partial charge in [-0.2, -0.15) is 0 Å². The van der Waals surface area contributed by atoms with E-state index >= 15 is 0 Å². The van der Waals surface area contributed by atoms with E-state index in [2.05, 4.69) is 15.5 Å². The average molecular weight is 472 g/mol. The average Bonchev–Trinajstić information content (AvgIpc) is 3.44. The lowest BCUT2D eigenvalue weighted by atomic mass is 10.1. The molecule has 2 heterocycles. The molecule has 0 atom stereocenters. The monoisotopic (exact) mass is 471 g/mol. The number of hydrogen-bond donors (Lipinski definition) is 1. The fraction of sp³-hybridized carbons (Fsp3) is 0.115. The summed E-state index contributed by atoms with van der Waals surface area (Å²) in [6.45, 7) is 0. The van der Waals surface area contributed by atoms with E-state index in [0.29, 0.717) is 17.4 Å². The zero-order valence-electron chi connectivity index (χ0n) is 18.5. The predicted molar refractivity (Wildman–Crippen MR) is 133 cm³/mol. The van der Waals surface area contributed by atoms with E-state index in [9.17, 15) is 9.18 Å². The summed E-state index contributed by atoms with van der Waals surface area (Å²) in [6.07, 6.45) is 2.53. The van der Waals surface area contributed by atoms with E-state index in [-0.39, 0.29) is 17.5 Å². The highest BCUT2D eigenvalue weighted by Crippen LogP contribution is 2.26. The lowest BCUT2D eigenvalue weighted by Crippen LogP contribution is -2.15. The van der Waals surface area contributed by atoms with Crippen LogP contribution in [0.25, 0.3) is 16.5 Å². The first-order chi connectivity index (χ1) is 16.6. The van der Waals surface area contributed by atoms with Crippen molar-refractivity contribution in [2.75, 3.05) is 11.1 Å². The zero-order valence-corrected chi connectivity index (χ0v) is 19.3. The summed E-state index contributed by atoms with van der Waals surface area (Å²) in [5, 5.41) is 14.4. The molecule has 5 rings (SSSR count). The minimum Gasteiger partial charge on any atom is -0.354 e. The second kappa shape index (κ2) is 9.52. The minimum absolute atomic E-state index is 0.140. The lowest BCUT2D eigenvalue weighted by Gasteiger charge is -2.11. The number of nitrogens with zero attached hydrogens (tertiary/aromatic N) is 4. The molecule has 0 radical (unpaired) electrons. The van der Waals surface area contributed by atoms with Crippen molar-refractivity contribution in [3.63, 3.8) is 0 Å². The third kappa shape index (κ3) is 4.58. The predicted octanol–water partition coefficient (Wildman–Crippen LogP) is 5.22. The van der Waals surface area contributed by atoms with Crippen molar-refractivity contribution in [3.8, 4) is 5.69 Å². The van der Waals surface area contributed by atoms with Crippen LogP contribution in [0.3, 0.4) is 0 Å². The minimum atomic E-state index is -0.315. The number of fused-ring (bicyclic) bond motifs is 1. The summed E-state index contributed by atoms with van der Waals surface area (Å²) in [5.74, 6) is 0.418. The Bertz CT molecular complexity index is 1450. The molecule has 0 aliphatic heterocycles. The number of rotatable bonds is 7. The smallest absolute Gasteiger partial charge is 0.234 e. The second-order valence-electron chi connectivity index (χ2n) is 7.86. The van der Waals surface area contributed by atoms with E-state index in [0.717, 1.165) is 27.8 Å². The Balaban J connectivity index is 1.38. The Labute approximate surface area is 200 Å². The number of hydrogen-bond acceptors (Lipinski definition) is 4. The standard InChI is InChI=1S/C26H22FN5OS/c1-31-15-5-8-21(31)16-24-29-30-26(32(24)20-13-11-19(27)12-14-20)34-17-25(33)28-23-10-4-7-18-6-2-3-9-22(18)23/h2-15H,16-17H2,1H3,(H,28,33). The van der Waals surface area contributed by atoms with Crippen LogP contribution < -0.4 is 5.32 Å². The van der Waals surface area contributed by atoms with E-state index in [1.165, 1.54) is 23.9 Å². The van der Waals surface area contributed by atoms with Crippen molar-refractivity contribution in [2.24, 2.45) is 7.05 Å². The highest BCUT2D eigenvalue weighted by atomic mass is 32.2. The molecule has 1 N–H and O–H groups in total. The number of halogens is 1. The van der Waals surface area contributed by atoms with Crippen LogP contribution in [0.15, 0.2) is 90.2 Å². The van der Waals surface area contributed by atoms with Gasteiger partial charge in [-0.1, -0.05) is 48.2 Å². The van der Waals surface area contributed by atoms with Gasteiger partial charge in [0, 0.05) is 42.1 Å². The highest BCUT2D eigenvalue weighted by molar-refractivity contribution is 7.99. The number of benzene rings is 3.